The van der Waals surface area contributed by atoms with Gasteiger partial charge < -0.3 is 16.6 Å². The summed E-state index contributed by atoms with van der Waals surface area (Å²) < 4.78 is 0. The van der Waals surface area contributed by atoms with E-state index in [1.807, 2.05) is 0 Å². The molecular formula is C5H10N4O2S. The number of thioether (sulfide) groups is 1. The third kappa shape index (κ3) is 2.28. The number of rotatable bonds is 2. The first-order valence-electron chi connectivity index (χ1n) is 3.29. The smallest absolute Gasteiger partial charge is 0.321 e. The topological polar surface area (TPSA) is 114 Å². The number of guanidine groups is 1. The van der Waals surface area contributed by atoms with Crippen LogP contribution in [-0.4, -0.2) is 34.3 Å². The van der Waals surface area contributed by atoms with E-state index in [4.69, 9.17) is 16.6 Å². The molecule has 6 nitrogen and oxygen atoms in total. The van der Waals surface area contributed by atoms with Crippen LogP contribution in [-0.2, 0) is 4.79 Å². The standard InChI is InChI=1S/C5H10N4O2S/c6-4(7)9-5-8-2(1-12-5)3(10)11/h2,5,8H,1H2,(H,10,11)(H4,6,7,9). The summed E-state index contributed by atoms with van der Waals surface area (Å²) in [7, 11) is 0. The van der Waals surface area contributed by atoms with Gasteiger partial charge in [-0.3, -0.25) is 10.1 Å². The Morgan fingerprint density at radius 1 is 1.67 bits per heavy atom. The molecule has 0 spiro atoms. The Labute approximate surface area is 73.4 Å². The summed E-state index contributed by atoms with van der Waals surface area (Å²) in [4.78, 5) is 14.2. The number of nitrogens with two attached hydrogens (primary N) is 2. The second kappa shape index (κ2) is 3.63. The van der Waals surface area contributed by atoms with Crippen LogP contribution in [0.15, 0.2) is 4.99 Å². The van der Waals surface area contributed by atoms with Crippen LogP contribution in [0.3, 0.4) is 0 Å². The molecule has 0 amide bonds. The molecule has 2 atom stereocenters. The average molecular weight is 190 g/mol. The van der Waals surface area contributed by atoms with Crippen molar-refractivity contribution in [1.29, 1.82) is 0 Å². The Bertz CT molecular complexity index is 215. The fourth-order valence-electron chi connectivity index (χ4n) is 0.808. The molecular weight excluding hydrogens is 180 g/mol. The Morgan fingerprint density at radius 2 is 2.33 bits per heavy atom. The minimum absolute atomic E-state index is 0.0361. The van der Waals surface area contributed by atoms with E-state index in [1.54, 1.807) is 0 Å². The van der Waals surface area contributed by atoms with Gasteiger partial charge in [0.25, 0.3) is 0 Å². The second-order valence-corrected chi connectivity index (χ2v) is 3.41. The van der Waals surface area contributed by atoms with E-state index < -0.39 is 12.0 Å². The molecule has 68 valence electrons. The lowest BCUT2D eigenvalue weighted by molar-refractivity contribution is -0.138. The van der Waals surface area contributed by atoms with Crippen molar-refractivity contribution < 1.29 is 9.90 Å². The molecule has 1 aliphatic heterocycles. The zero-order valence-corrected chi connectivity index (χ0v) is 7.04. The van der Waals surface area contributed by atoms with Gasteiger partial charge in [0.2, 0.25) is 0 Å². The van der Waals surface area contributed by atoms with Crippen LogP contribution < -0.4 is 16.8 Å². The van der Waals surface area contributed by atoms with Gasteiger partial charge in [-0.25, -0.2) is 4.99 Å². The lowest BCUT2D eigenvalue weighted by Crippen LogP contribution is -2.37. The number of carboxylic acid groups (broad SMARTS) is 1. The molecule has 0 bridgehead atoms. The number of hydrogen-bond donors (Lipinski definition) is 4. The predicted molar refractivity (Wildman–Crippen MR) is 46.6 cm³/mol. The summed E-state index contributed by atoms with van der Waals surface area (Å²) in [6.07, 6.45) is 0. The van der Waals surface area contributed by atoms with Crippen LogP contribution in [0.25, 0.3) is 0 Å². The van der Waals surface area contributed by atoms with Crippen molar-refractivity contribution in [2.45, 2.75) is 11.5 Å². The van der Waals surface area contributed by atoms with Crippen LogP contribution in [0.1, 0.15) is 0 Å². The average Bonchev–Trinajstić information content (AvgIpc) is 2.34. The largest absolute Gasteiger partial charge is 0.480 e. The molecule has 1 aliphatic rings. The van der Waals surface area contributed by atoms with E-state index in [-0.39, 0.29) is 11.5 Å². The minimum Gasteiger partial charge on any atom is -0.480 e. The fraction of sp³-hybridized carbons (Fsp3) is 0.600. The zero-order valence-electron chi connectivity index (χ0n) is 6.23. The highest BCUT2D eigenvalue weighted by molar-refractivity contribution is 8.00. The molecule has 0 aromatic rings. The highest BCUT2D eigenvalue weighted by Crippen LogP contribution is 2.19. The molecule has 6 N–H and O–H groups in total. The first kappa shape index (κ1) is 9.14. The summed E-state index contributed by atoms with van der Waals surface area (Å²) in [6.45, 7) is 0. The number of nitrogens with zero attached hydrogens (tertiary/aromatic N) is 1. The van der Waals surface area contributed by atoms with Crippen LogP contribution in [0, 0.1) is 0 Å². The SMILES string of the molecule is NC(N)=NC1NC(C(=O)O)CS1. The molecule has 1 rings (SSSR count). The Balaban J connectivity index is 2.46. The van der Waals surface area contributed by atoms with Gasteiger partial charge in [0.15, 0.2) is 11.5 Å². The molecule has 0 aromatic heterocycles. The Hall–Kier alpha value is -0.950. The fourth-order valence-corrected chi connectivity index (χ4v) is 1.88. The lowest BCUT2D eigenvalue weighted by Gasteiger charge is -2.05. The molecule has 2 unspecified atom stereocenters. The molecule has 1 saturated heterocycles. The summed E-state index contributed by atoms with van der Waals surface area (Å²) in [5.41, 5.74) is 9.92. The molecule has 12 heavy (non-hydrogen) atoms. The third-order valence-corrected chi connectivity index (χ3v) is 2.41. The van der Waals surface area contributed by atoms with Crippen LogP contribution in [0.2, 0.25) is 0 Å². The normalized spacial score (nSPS) is 28.3. The molecule has 0 saturated carbocycles. The van der Waals surface area contributed by atoms with E-state index >= 15 is 0 Å². The van der Waals surface area contributed by atoms with Crippen molar-refractivity contribution in [3.8, 4) is 0 Å². The van der Waals surface area contributed by atoms with Gasteiger partial charge in [-0.2, -0.15) is 0 Å². The van der Waals surface area contributed by atoms with Gasteiger partial charge in [0, 0.05) is 5.75 Å². The van der Waals surface area contributed by atoms with Crippen LogP contribution in [0.4, 0.5) is 0 Å². The number of aliphatic carboxylic acids is 1. The van der Waals surface area contributed by atoms with Crippen molar-refractivity contribution in [2.75, 3.05) is 5.75 Å². The number of aliphatic imine (C=N–C) groups is 1. The number of hydrogen-bond acceptors (Lipinski definition) is 4. The van der Waals surface area contributed by atoms with Gasteiger partial charge in [0.05, 0.1) is 0 Å². The van der Waals surface area contributed by atoms with Crippen molar-refractivity contribution in [3.05, 3.63) is 0 Å². The third-order valence-electron chi connectivity index (χ3n) is 1.33. The first-order valence-corrected chi connectivity index (χ1v) is 4.33. The van der Waals surface area contributed by atoms with Crippen molar-refractivity contribution in [3.63, 3.8) is 0 Å². The molecule has 0 radical (unpaired) electrons. The zero-order chi connectivity index (χ0) is 9.14. The molecule has 1 fully saturated rings. The van der Waals surface area contributed by atoms with E-state index in [0.717, 1.165) is 0 Å². The van der Waals surface area contributed by atoms with Crippen LogP contribution >= 0.6 is 11.8 Å². The van der Waals surface area contributed by atoms with E-state index in [1.165, 1.54) is 11.8 Å². The number of carboxylic acids is 1. The number of carbonyl (C=O) groups is 1. The number of nitrogens with one attached hydrogen (secondary N) is 1. The summed E-state index contributed by atoms with van der Waals surface area (Å²) >= 11 is 1.37. The monoisotopic (exact) mass is 190 g/mol. The van der Waals surface area contributed by atoms with Gasteiger partial charge in [-0.15, -0.1) is 11.8 Å². The molecule has 0 aliphatic carbocycles. The summed E-state index contributed by atoms with van der Waals surface area (Å²) in [6, 6.07) is -0.553. The maximum Gasteiger partial charge on any atom is 0.321 e. The molecule has 7 heteroatoms. The maximum atomic E-state index is 10.4. The quantitative estimate of drug-likeness (QED) is 0.306. The van der Waals surface area contributed by atoms with E-state index in [9.17, 15) is 4.79 Å². The van der Waals surface area contributed by atoms with Gasteiger partial charge in [-0.05, 0) is 0 Å². The first-order chi connectivity index (χ1) is 5.59. The predicted octanol–water partition coefficient (Wildman–Crippen LogP) is -1.67. The van der Waals surface area contributed by atoms with Crippen molar-refractivity contribution >= 4 is 23.7 Å². The lowest BCUT2D eigenvalue weighted by atomic mass is 10.3. The Kier molecular flexibility index (Phi) is 2.77. The minimum atomic E-state index is -0.879. The van der Waals surface area contributed by atoms with Crippen LogP contribution in [0.5, 0.6) is 0 Å². The van der Waals surface area contributed by atoms with E-state index in [2.05, 4.69) is 10.3 Å². The summed E-state index contributed by atoms with van der Waals surface area (Å²) in [5, 5.41) is 11.3. The Morgan fingerprint density at radius 3 is 2.75 bits per heavy atom. The molecule has 1 heterocycles. The van der Waals surface area contributed by atoms with Crippen molar-refractivity contribution in [2.24, 2.45) is 16.5 Å². The second-order valence-electron chi connectivity index (χ2n) is 2.30. The van der Waals surface area contributed by atoms with Gasteiger partial charge >= 0.3 is 5.97 Å². The molecule has 0 aromatic carbocycles. The maximum absolute atomic E-state index is 10.4. The highest BCUT2D eigenvalue weighted by Gasteiger charge is 2.28. The van der Waals surface area contributed by atoms with Gasteiger partial charge in [-0.1, -0.05) is 0 Å². The highest BCUT2D eigenvalue weighted by atomic mass is 32.2. The van der Waals surface area contributed by atoms with E-state index in [0.29, 0.717) is 5.75 Å². The van der Waals surface area contributed by atoms with Gasteiger partial charge in [0.1, 0.15) is 6.04 Å². The van der Waals surface area contributed by atoms with Crippen molar-refractivity contribution in [1.82, 2.24) is 5.32 Å². The summed E-state index contributed by atoms with van der Waals surface area (Å²) in [5.74, 6) is -0.432.